The largest absolute Gasteiger partial charge is 0.324 e. The third-order valence-corrected chi connectivity index (χ3v) is 4.28. The zero-order valence-corrected chi connectivity index (χ0v) is 13.0. The standard InChI is InChI=1S/C16H16ClNOS/c1-11-7-9-13(10-8-11)20-12(2)16(19)18-15-6-4-3-5-14(15)17/h3-10,12H,1-2H3,(H,18,19). The molecule has 0 spiro atoms. The van der Waals surface area contributed by atoms with Gasteiger partial charge >= 0.3 is 0 Å². The van der Waals surface area contributed by atoms with Crippen LogP contribution in [0.15, 0.2) is 53.4 Å². The molecule has 104 valence electrons. The van der Waals surface area contributed by atoms with Crippen molar-refractivity contribution in [2.75, 3.05) is 5.32 Å². The van der Waals surface area contributed by atoms with E-state index in [-0.39, 0.29) is 11.2 Å². The van der Waals surface area contributed by atoms with E-state index in [0.717, 1.165) is 4.90 Å². The Hall–Kier alpha value is -1.45. The second-order valence-corrected chi connectivity index (χ2v) is 6.36. The Bertz CT molecular complexity index is 598. The van der Waals surface area contributed by atoms with Gasteiger partial charge in [-0.3, -0.25) is 4.79 Å². The Kier molecular flexibility index (Phi) is 5.10. The Balaban J connectivity index is 1.99. The predicted molar refractivity (Wildman–Crippen MR) is 86.6 cm³/mol. The minimum Gasteiger partial charge on any atom is -0.324 e. The number of carbonyl (C=O) groups excluding carboxylic acids is 1. The maximum atomic E-state index is 12.1. The minimum atomic E-state index is -0.186. The molecule has 0 aliphatic rings. The summed E-state index contributed by atoms with van der Waals surface area (Å²) in [6.07, 6.45) is 0. The molecule has 2 aromatic carbocycles. The van der Waals surface area contributed by atoms with Crippen molar-refractivity contribution < 1.29 is 4.79 Å². The van der Waals surface area contributed by atoms with Crippen LogP contribution in [0.4, 0.5) is 5.69 Å². The average molecular weight is 306 g/mol. The van der Waals surface area contributed by atoms with Crippen molar-refractivity contribution >= 4 is 35.0 Å². The first-order valence-electron chi connectivity index (χ1n) is 6.35. The number of carbonyl (C=O) groups is 1. The first-order chi connectivity index (χ1) is 9.56. The summed E-state index contributed by atoms with van der Waals surface area (Å²) in [6.45, 7) is 3.93. The number of para-hydroxylation sites is 1. The normalized spacial score (nSPS) is 11.9. The van der Waals surface area contributed by atoms with Gasteiger partial charge in [0.05, 0.1) is 16.0 Å². The quantitative estimate of drug-likeness (QED) is 0.825. The zero-order valence-electron chi connectivity index (χ0n) is 11.4. The maximum absolute atomic E-state index is 12.1. The van der Waals surface area contributed by atoms with Gasteiger partial charge in [0.15, 0.2) is 0 Å². The summed E-state index contributed by atoms with van der Waals surface area (Å²) < 4.78 is 0. The van der Waals surface area contributed by atoms with Crippen LogP contribution in [0.5, 0.6) is 0 Å². The monoisotopic (exact) mass is 305 g/mol. The van der Waals surface area contributed by atoms with Crippen molar-refractivity contribution in [3.63, 3.8) is 0 Å². The van der Waals surface area contributed by atoms with Gasteiger partial charge in [-0.15, -0.1) is 11.8 Å². The summed E-state index contributed by atoms with van der Waals surface area (Å²) in [4.78, 5) is 13.2. The van der Waals surface area contributed by atoms with Crippen molar-refractivity contribution in [2.24, 2.45) is 0 Å². The van der Waals surface area contributed by atoms with Crippen molar-refractivity contribution in [3.05, 3.63) is 59.1 Å². The van der Waals surface area contributed by atoms with Gasteiger partial charge in [-0.2, -0.15) is 0 Å². The fourth-order valence-electron chi connectivity index (χ4n) is 1.67. The molecule has 2 rings (SSSR count). The van der Waals surface area contributed by atoms with E-state index in [2.05, 4.69) is 5.32 Å². The molecule has 0 saturated carbocycles. The third kappa shape index (κ3) is 4.02. The zero-order chi connectivity index (χ0) is 14.5. The van der Waals surface area contributed by atoms with Crippen LogP contribution in [0.3, 0.4) is 0 Å². The molecule has 0 radical (unpaired) electrons. The molecule has 0 bridgehead atoms. The summed E-state index contributed by atoms with van der Waals surface area (Å²) in [7, 11) is 0. The molecule has 0 heterocycles. The van der Waals surface area contributed by atoms with E-state index in [1.165, 1.54) is 17.3 Å². The molecular formula is C16H16ClNOS. The molecule has 1 unspecified atom stereocenters. The first-order valence-corrected chi connectivity index (χ1v) is 7.61. The van der Waals surface area contributed by atoms with E-state index >= 15 is 0 Å². The smallest absolute Gasteiger partial charge is 0.237 e. The van der Waals surface area contributed by atoms with Gasteiger partial charge < -0.3 is 5.32 Å². The molecule has 0 aromatic heterocycles. The second-order valence-electron chi connectivity index (χ2n) is 4.54. The minimum absolute atomic E-state index is 0.0522. The number of nitrogens with one attached hydrogen (secondary N) is 1. The Morgan fingerprint density at radius 3 is 2.45 bits per heavy atom. The SMILES string of the molecule is Cc1ccc(SC(C)C(=O)Nc2ccccc2Cl)cc1. The second kappa shape index (κ2) is 6.82. The van der Waals surface area contributed by atoms with Crippen molar-refractivity contribution in [2.45, 2.75) is 24.0 Å². The van der Waals surface area contributed by atoms with Gasteiger partial charge in [0, 0.05) is 4.90 Å². The first kappa shape index (κ1) is 14.9. The fourth-order valence-corrected chi connectivity index (χ4v) is 2.72. The van der Waals surface area contributed by atoms with E-state index < -0.39 is 0 Å². The van der Waals surface area contributed by atoms with Gasteiger partial charge in [-0.05, 0) is 38.1 Å². The highest BCUT2D eigenvalue weighted by Gasteiger charge is 2.15. The Morgan fingerprint density at radius 2 is 1.80 bits per heavy atom. The topological polar surface area (TPSA) is 29.1 Å². The molecule has 1 atom stereocenters. The van der Waals surface area contributed by atoms with E-state index in [9.17, 15) is 4.79 Å². The van der Waals surface area contributed by atoms with Gasteiger partial charge in [0.1, 0.15) is 0 Å². The molecule has 0 fully saturated rings. The molecule has 0 aliphatic carbocycles. The molecule has 2 aromatic rings. The van der Waals surface area contributed by atoms with Crippen LogP contribution >= 0.6 is 23.4 Å². The number of benzene rings is 2. The number of hydrogen-bond acceptors (Lipinski definition) is 2. The van der Waals surface area contributed by atoms with Gasteiger partial charge in [-0.1, -0.05) is 41.4 Å². The fraction of sp³-hybridized carbons (Fsp3) is 0.188. The number of rotatable bonds is 4. The molecular weight excluding hydrogens is 290 g/mol. The highest BCUT2D eigenvalue weighted by atomic mass is 35.5. The summed E-state index contributed by atoms with van der Waals surface area (Å²) in [5, 5.41) is 3.21. The molecule has 1 N–H and O–H groups in total. The third-order valence-electron chi connectivity index (χ3n) is 2.83. The summed E-state index contributed by atoms with van der Waals surface area (Å²) >= 11 is 7.56. The van der Waals surface area contributed by atoms with Crippen LogP contribution < -0.4 is 5.32 Å². The molecule has 20 heavy (non-hydrogen) atoms. The van der Waals surface area contributed by atoms with Gasteiger partial charge in [-0.25, -0.2) is 0 Å². The summed E-state index contributed by atoms with van der Waals surface area (Å²) in [5.74, 6) is -0.0522. The van der Waals surface area contributed by atoms with Crippen molar-refractivity contribution in [1.82, 2.24) is 0 Å². The summed E-state index contributed by atoms with van der Waals surface area (Å²) in [5.41, 5.74) is 1.86. The van der Waals surface area contributed by atoms with Crippen LogP contribution in [0.2, 0.25) is 5.02 Å². The number of halogens is 1. The number of hydrogen-bond donors (Lipinski definition) is 1. The lowest BCUT2D eigenvalue weighted by atomic mass is 10.2. The summed E-state index contributed by atoms with van der Waals surface area (Å²) in [6, 6.07) is 15.4. The highest BCUT2D eigenvalue weighted by Crippen LogP contribution is 2.26. The lowest BCUT2D eigenvalue weighted by molar-refractivity contribution is -0.115. The molecule has 0 aliphatic heterocycles. The van der Waals surface area contributed by atoms with E-state index in [1.807, 2.05) is 50.2 Å². The average Bonchev–Trinajstić information content (AvgIpc) is 2.44. The van der Waals surface area contributed by atoms with Crippen LogP contribution in [0.25, 0.3) is 0 Å². The molecule has 4 heteroatoms. The molecule has 2 nitrogen and oxygen atoms in total. The lowest BCUT2D eigenvalue weighted by Crippen LogP contribution is -2.22. The Labute approximate surface area is 128 Å². The van der Waals surface area contributed by atoms with Crippen LogP contribution in [0, 0.1) is 6.92 Å². The van der Waals surface area contributed by atoms with Gasteiger partial charge in [0.2, 0.25) is 5.91 Å². The Morgan fingerprint density at radius 1 is 1.15 bits per heavy atom. The number of thioether (sulfide) groups is 1. The van der Waals surface area contributed by atoms with Crippen molar-refractivity contribution in [1.29, 1.82) is 0 Å². The van der Waals surface area contributed by atoms with E-state index in [0.29, 0.717) is 10.7 Å². The van der Waals surface area contributed by atoms with Crippen LogP contribution in [-0.4, -0.2) is 11.2 Å². The lowest BCUT2D eigenvalue weighted by Gasteiger charge is -2.13. The van der Waals surface area contributed by atoms with Crippen LogP contribution in [0.1, 0.15) is 12.5 Å². The maximum Gasteiger partial charge on any atom is 0.237 e. The molecule has 0 saturated heterocycles. The van der Waals surface area contributed by atoms with E-state index in [1.54, 1.807) is 12.1 Å². The van der Waals surface area contributed by atoms with Crippen LogP contribution in [-0.2, 0) is 4.79 Å². The number of amides is 1. The van der Waals surface area contributed by atoms with Crippen molar-refractivity contribution in [3.8, 4) is 0 Å². The predicted octanol–water partition coefficient (Wildman–Crippen LogP) is 4.77. The number of aryl methyl sites for hydroxylation is 1. The van der Waals surface area contributed by atoms with Gasteiger partial charge in [0.25, 0.3) is 0 Å². The van der Waals surface area contributed by atoms with E-state index in [4.69, 9.17) is 11.6 Å². The molecule has 1 amide bonds. The number of anilines is 1. The highest BCUT2D eigenvalue weighted by molar-refractivity contribution is 8.00.